The molecule has 143 valence electrons. The zero-order valence-electron chi connectivity index (χ0n) is 14.4. The number of hydrogen-bond donors (Lipinski definition) is 3. The van der Waals surface area contributed by atoms with E-state index < -0.39 is 17.5 Å². The first-order valence-corrected chi connectivity index (χ1v) is 7.41. The third kappa shape index (κ3) is 5.15. The van der Waals surface area contributed by atoms with Gasteiger partial charge in [-0.3, -0.25) is 15.7 Å². The van der Waals surface area contributed by atoms with Gasteiger partial charge in [-0.15, -0.1) is 6.04 Å². The van der Waals surface area contributed by atoms with Crippen LogP contribution in [0.5, 0.6) is 11.5 Å². The number of hydrogen-bond acceptors (Lipinski definition) is 4. The Balaban J connectivity index is 0.00000225. The van der Waals surface area contributed by atoms with Crippen LogP contribution in [0.3, 0.4) is 0 Å². The van der Waals surface area contributed by atoms with E-state index in [2.05, 4.69) is 17.2 Å². The van der Waals surface area contributed by atoms with Crippen molar-refractivity contribution in [1.82, 2.24) is 10.3 Å². The van der Waals surface area contributed by atoms with E-state index >= 15 is 0 Å². The Labute approximate surface area is 174 Å². The summed E-state index contributed by atoms with van der Waals surface area (Å²) in [7, 11) is 0. The SMILES string of the molecule is O.O.[CH-]=C[C@H]([CH2-])NC(=O)c1cc(O)c(-c2ccc3c(c2)OCC3)[nH]c1=O.[Sc]. The molecule has 1 radical (unpaired) electrons. The van der Waals surface area contributed by atoms with Gasteiger partial charge in [-0.1, -0.05) is 12.1 Å². The molecule has 1 aliphatic heterocycles. The number of amides is 1. The summed E-state index contributed by atoms with van der Waals surface area (Å²) in [5.41, 5.74) is 1.07. The number of aromatic nitrogens is 1. The van der Waals surface area contributed by atoms with Gasteiger partial charge in [0.25, 0.3) is 11.5 Å². The Kier molecular flexibility index (Phi) is 9.35. The molecule has 0 unspecified atom stereocenters. The molecule has 0 bridgehead atoms. The summed E-state index contributed by atoms with van der Waals surface area (Å²) in [4.78, 5) is 26.7. The van der Waals surface area contributed by atoms with Crippen molar-refractivity contribution in [3.05, 3.63) is 65.3 Å². The van der Waals surface area contributed by atoms with Gasteiger partial charge in [0, 0.05) is 43.9 Å². The van der Waals surface area contributed by atoms with Crippen molar-refractivity contribution >= 4 is 5.91 Å². The molecule has 7 N–H and O–H groups in total. The predicted molar refractivity (Wildman–Crippen MR) is 96.1 cm³/mol. The van der Waals surface area contributed by atoms with Crippen LogP contribution in [0.4, 0.5) is 0 Å². The van der Waals surface area contributed by atoms with Crippen molar-refractivity contribution in [2.45, 2.75) is 12.5 Å². The second-order valence-corrected chi connectivity index (χ2v) is 5.47. The van der Waals surface area contributed by atoms with E-state index in [0.29, 0.717) is 12.2 Å². The fourth-order valence-corrected chi connectivity index (χ4v) is 2.52. The van der Waals surface area contributed by atoms with E-state index in [1.165, 1.54) is 6.08 Å². The van der Waals surface area contributed by atoms with Gasteiger partial charge in [0.15, 0.2) is 0 Å². The number of carbonyl (C=O) groups is 1. The standard InChI is InChI=1S/C18H16N2O4.2H2O.Sc/c1-3-10(2)19-17(22)13-9-14(21)16(20-18(13)23)12-5-4-11-6-7-24-15(11)8-12;;;/h1,3-5,8-10,21H,2,6-7H2,(H,19,22)(H,20,23);2*1H2;/q-2;;;/t10-;;;/m0.../s1. The number of H-pyrrole nitrogens is 1. The van der Waals surface area contributed by atoms with E-state index in [9.17, 15) is 14.7 Å². The predicted octanol–water partition coefficient (Wildman–Crippen LogP) is -0.0478. The fourth-order valence-electron chi connectivity index (χ4n) is 2.52. The Morgan fingerprint density at radius 2 is 2.07 bits per heavy atom. The van der Waals surface area contributed by atoms with Crippen molar-refractivity contribution in [3.63, 3.8) is 0 Å². The van der Waals surface area contributed by atoms with Gasteiger partial charge in [0.2, 0.25) is 0 Å². The minimum Gasteiger partial charge on any atom is -0.519 e. The van der Waals surface area contributed by atoms with Crippen LogP contribution >= 0.6 is 0 Å². The normalized spacial score (nSPS) is 12.2. The van der Waals surface area contributed by atoms with E-state index in [1.54, 1.807) is 12.1 Å². The van der Waals surface area contributed by atoms with Crippen LogP contribution in [0.1, 0.15) is 15.9 Å². The molecular weight excluding hydrogens is 385 g/mol. The summed E-state index contributed by atoms with van der Waals surface area (Å²) in [6.07, 6.45) is 2.02. The van der Waals surface area contributed by atoms with E-state index in [1.807, 2.05) is 6.07 Å². The smallest absolute Gasteiger partial charge is 0.261 e. The molecule has 0 aliphatic carbocycles. The maximum absolute atomic E-state index is 12.2. The Hall–Kier alpha value is -2.23. The molecule has 8 nitrogen and oxygen atoms in total. The van der Waals surface area contributed by atoms with Crippen LogP contribution < -0.4 is 15.6 Å². The number of nitrogens with one attached hydrogen (secondary N) is 2. The molecule has 1 aromatic carbocycles. The second-order valence-electron chi connectivity index (χ2n) is 5.47. The van der Waals surface area contributed by atoms with Crippen LogP contribution in [0, 0.1) is 13.5 Å². The zero-order valence-corrected chi connectivity index (χ0v) is 16.2. The van der Waals surface area contributed by atoms with Gasteiger partial charge in [0.05, 0.1) is 12.3 Å². The average Bonchev–Trinajstić information content (AvgIpc) is 3.03. The molecule has 2 heterocycles. The van der Waals surface area contributed by atoms with Crippen LogP contribution in [0.25, 0.3) is 11.3 Å². The summed E-state index contributed by atoms with van der Waals surface area (Å²) in [5, 5.41) is 12.6. The first kappa shape index (κ1) is 24.8. The molecule has 0 saturated heterocycles. The number of rotatable bonds is 4. The van der Waals surface area contributed by atoms with E-state index in [0.717, 1.165) is 23.8 Å². The van der Waals surface area contributed by atoms with Crippen molar-refractivity contribution in [3.8, 4) is 22.8 Å². The van der Waals surface area contributed by atoms with Gasteiger partial charge in [-0.2, -0.15) is 0 Å². The number of fused-ring (bicyclic) bond motifs is 1. The molecule has 1 amide bonds. The maximum Gasteiger partial charge on any atom is 0.261 e. The average molecular weight is 405 g/mol. The van der Waals surface area contributed by atoms with Gasteiger partial charge in [-0.05, 0) is 11.6 Å². The van der Waals surface area contributed by atoms with Gasteiger partial charge >= 0.3 is 0 Å². The quantitative estimate of drug-likeness (QED) is 0.610. The zero-order chi connectivity index (χ0) is 17.3. The molecule has 9 heteroatoms. The number of ether oxygens (including phenoxy) is 1. The number of benzene rings is 1. The van der Waals surface area contributed by atoms with Crippen molar-refractivity contribution in [2.24, 2.45) is 0 Å². The summed E-state index contributed by atoms with van der Waals surface area (Å²) in [6, 6.07) is 5.91. The molecule has 1 aromatic heterocycles. The van der Waals surface area contributed by atoms with E-state index in [-0.39, 0.29) is 53.8 Å². The molecule has 0 fully saturated rings. The number of carbonyl (C=O) groups excluding carboxylic acids is 1. The maximum atomic E-state index is 12.2. The van der Waals surface area contributed by atoms with Gasteiger partial charge < -0.3 is 44.6 Å². The number of pyridine rings is 1. The third-order valence-electron chi connectivity index (χ3n) is 3.80. The number of aromatic amines is 1. The number of aromatic hydroxyl groups is 1. The largest absolute Gasteiger partial charge is 0.519 e. The van der Waals surface area contributed by atoms with E-state index in [4.69, 9.17) is 11.3 Å². The van der Waals surface area contributed by atoms with Gasteiger partial charge in [0.1, 0.15) is 17.1 Å². The topological polar surface area (TPSA) is 154 Å². The molecule has 27 heavy (non-hydrogen) atoms. The minimum absolute atomic E-state index is 0. The molecule has 0 spiro atoms. The monoisotopic (exact) mass is 405 g/mol. The van der Waals surface area contributed by atoms with Crippen LogP contribution in [-0.4, -0.2) is 39.6 Å². The third-order valence-corrected chi connectivity index (χ3v) is 3.80. The first-order valence-electron chi connectivity index (χ1n) is 7.41. The van der Waals surface area contributed by atoms with Crippen LogP contribution in [0.15, 0.2) is 35.1 Å². The van der Waals surface area contributed by atoms with Crippen LogP contribution in [-0.2, 0) is 32.3 Å². The second kappa shape index (κ2) is 10.2. The Bertz CT molecular complexity index is 881. The molecule has 3 rings (SSSR count). The van der Waals surface area contributed by atoms with Gasteiger partial charge in [-0.25, -0.2) is 0 Å². The summed E-state index contributed by atoms with van der Waals surface area (Å²) >= 11 is 0. The first-order chi connectivity index (χ1) is 11.5. The Morgan fingerprint density at radius 1 is 1.37 bits per heavy atom. The molecule has 1 aliphatic rings. The summed E-state index contributed by atoms with van der Waals surface area (Å²) in [6.45, 7) is 9.45. The van der Waals surface area contributed by atoms with Crippen molar-refractivity contribution in [2.75, 3.05) is 6.61 Å². The fraction of sp³-hybridized carbons (Fsp3) is 0.167. The summed E-state index contributed by atoms with van der Waals surface area (Å²) in [5.74, 6) is -0.153. The minimum atomic E-state index is -0.669. The Morgan fingerprint density at radius 3 is 2.74 bits per heavy atom. The molecule has 1 atom stereocenters. The summed E-state index contributed by atoms with van der Waals surface area (Å²) < 4.78 is 5.49. The molecular formula is C18H20N2O6Sc-2. The van der Waals surface area contributed by atoms with Crippen molar-refractivity contribution < 1.29 is 51.4 Å². The molecule has 0 saturated carbocycles. The molecule has 2 aromatic rings. The van der Waals surface area contributed by atoms with Crippen LogP contribution in [0.2, 0.25) is 0 Å². The van der Waals surface area contributed by atoms with Crippen molar-refractivity contribution in [1.29, 1.82) is 0 Å².